The maximum absolute atomic E-state index is 9.37. The summed E-state index contributed by atoms with van der Waals surface area (Å²) in [6.45, 7) is 0. The Morgan fingerprint density at radius 3 is 0.962 bits per heavy atom. The summed E-state index contributed by atoms with van der Waals surface area (Å²) < 4.78 is 61.5. The molecule has 14 heteroatoms. The van der Waals surface area contributed by atoms with E-state index in [1.807, 2.05) is 12.1 Å². The van der Waals surface area contributed by atoms with Crippen molar-refractivity contribution in [3.8, 4) is 11.5 Å². The fourth-order valence-electron chi connectivity index (χ4n) is 0.924. The molecule has 0 saturated carbocycles. The fraction of sp³-hybridized carbons (Fsp3) is 0. The van der Waals surface area contributed by atoms with Crippen LogP contribution in [0.2, 0.25) is 0 Å². The minimum absolute atomic E-state index is 0. The predicted octanol–water partition coefficient (Wildman–Crippen LogP) is -5.35. The molecule has 2 N–H and O–H groups in total. The van der Waals surface area contributed by atoms with Gasteiger partial charge in [-0.05, 0) is 24.3 Å². The molecule has 0 aliphatic heterocycles. The Hall–Kier alpha value is 1.05. The number of hydrogen-bond donors (Lipinski definition) is 2. The van der Waals surface area contributed by atoms with E-state index in [1.165, 1.54) is 0 Å². The van der Waals surface area contributed by atoms with E-state index in [0.29, 0.717) is 11.5 Å². The first-order chi connectivity index (χ1) is 11.0. The van der Waals surface area contributed by atoms with Crippen LogP contribution in [0.1, 0.15) is 0 Å². The van der Waals surface area contributed by atoms with Gasteiger partial charge in [-0.3, -0.25) is 0 Å². The first-order valence-electron chi connectivity index (χ1n) is 5.77. The molecule has 26 heavy (non-hydrogen) atoms. The monoisotopic (exact) mass is 458 g/mol. The topological polar surface area (TPSA) is 173 Å². The quantitative estimate of drug-likeness (QED) is 0.149. The molecule has 0 aromatic heterocycles. The summed E-state index contributed by atoms with van der Waals surface area (Å²) in [6, 6.07) is 17.4. The molecule has 2 rings (SSSR count). The fourth-order valence-corrected chi connectivity index (χ4v) is 1.47. The van der Waals surface area contributed by atoms with Crippen molar-refractivity contribution in [2.45, 2.75) is 0 Å². The van der Waals surface area contributed by atoms with E-state index in [0.717, 1.165) is 0 Å². The molecule has 0 saturated heterocycles. The van der Waals surface area contributed by atoms with Crippen molar-refractivity contribution in [3.63, 3.8) is 0 Å². The zero-order valence-corrected chi connectivity index (χ0v) is 21.6. The van der Waals surface area contributed by atoms with Crippen LogP contribution in [0.5, 0.6) is 11.5 Å². The molecule has 0 heterocycles. The molecule has 10 nitrogen and oxygen atoms in total. The van der Waals surface area contributed by atoms with E-state index < -0.39 is 20.8 Å². The predicted molar refractivity (Wildman–Crippen MR) is 77.8 cm³/mol. The van der Waals surface area contributed by atoms with Crippen LogP contribution in [-0.2, 0) is 29.5 Å². The van der Waals surface area contributed by atoms with Crippen LogP contribution in [0.3, 0.4) is 0 Å². The Morgan fingerprint density at radius 1 is 0.615 bits per heavy atom. The zero-order valence-electron chi connectivity index (χ0n) is 13.8. The van der Waals surface area contributed by atoms with E-state index >= 15 is 0 Å². The summed E-state index contributed by atoms with van der Waals surface area (Å²) in [7, 11) is -10.6. The molecule has 0 atom stereocenters. The first kappa shape index (κ1) is 31.7. The summed E-state index contributed by atoms with van der Waals surface area (Å²) in [4.78, 5) is 0. The minimum Gasteiger partial charge on any atom is -0.724 e. The third-order valence-electron chi connectivity index (χ3n) is 1.71. The summed E-state index contributed by atoms with van der Waals surface area (Å²) in [5, 5.41) is 17.3. The number of aromatic hydroxyl groups is 2. The van der Waals surface area contributed by atoms with Crippen molar-refractivity contribution in [1.29, 1.82) is 0 Å². The Morgan fingerprint density at radius 2 is 0.846 bits per heavy atom. The summed E-state index contributed by atoms with van der Waals surface area (Å²) in [6.07, 6.45) is 0. The van der Waals surface area contributed by atoms with Crippen LogP contribution in [0.15, 0.2) is 60.7 Å². The van der Waals surface area contributed by atoms with Gasteiger partial charge in [-0.2, -0.15) is 0 Å². The molecule has 0 amide bonds. The van der Waals surface area contributed by atoms with Crippen LogP contribution >= 0.6 is 0 Å². The van der Waals surface area contributed by atoms with Gasteiger partial charge >= 0.3 is 103 Å². The Balaban J connectivity index is -0.000000299. The Kier molecular flexibility index (Phi) is 20.7. The van der Waals surface area contributed by atoms with E-state index in [-0.39, 0.29) is 103 Å². The van der Waals surface area contributed by atoms with Gasteiger partial charge in [-0.25, -0.2) is 16.8 Å². The van der Waals surface area contributed by atoms with Crippen LogP contribution in [0.4, 0.5) is 0 Å². The van der Waals surface area contributed by atoms with Crippen molar-refractivity contribution in [3.05, 3.63) is 60.7 Å². The summed E-state index contributed by atoms with van der Waals surface area (Å²) in [5.41, 5.74) is 0. The SMILES string of the molecule is O=S(=O)([O-])OOS(=O)(=O)[O-].Oc1ccccc1.Oc1ccccc1.[K+].[K+]. The molecule has 2 aromatic rings. The van der Waals surface area contributed by atoms with E-state index in [4.69, 9.17) is 10.2 Å². The smallest absolute Gasteiger partial charge is 0.724 e. The average molecular weight is 459 g/mol. The number of hydrogen-bond acceptors (Lipinski definition) is 10. The third-order valence-corrected chi connectivity index (χ3v) is 2.26. The van der Waals surface area contributed by atoms with Gasteiger partial charge in [0.2, 0.25) is 20.8 Å². The van der Waals surface area contributed by atoms with Gasteiger partial charge in [0.05, 0.1) is 0 Å². The molecule has 134 valence electrons. The maximum Gasteiger partial charge on any atom is 1.00 e. The van der Waals surface area contributed by atoms with Crippen LogP contribution < -0.4 is 103 Å². The van der Waals surface area contributed by atoms with E-state index in [2.05, 4.69) is 8.67 Å². The van der Waals surface area contributed by atoms with Gasteiger partial charge in [-0.1, -0.05) is 36.4 Å². The van der Waals surface area contributed by atoms with Gasteiger partial charge in [-0.15, -0.1) is 8.67 Å². The van der Waals surface area contributed by atoms with Crippen LogP contribution in [0.25, 0.3) is 0 Å². The summed E-state index contributed by atoms with van der Waals surface area (Å²) >= 11 is 0. The normalized spacial score (nSPS) is 9.77. The maximum atomic E-state index is 9.37. The van der Waals surface area contributed by atoms with Gasteiger partial charge in [0.25, 0.3) is 0 Å². The molecule has 2 aromatic carbocycles. The molecule has 0 aliphatic rings. The zero-order chi connectivity index (χ0) is 18.6. The van der Waals surface area contributed by atoms with E-state index in [1.54, 1.807) is 48.5 Å². The standard InChI is InChI=1S/2C6H6O.2K.H2O8S2/c2*7-6-4-2-1-3-5-6;;;1-9(2,3)7-8-10(4,5)6/h2*1-5,7H;;;(H,1,2,3)(H,4,5,6)/q;;2*+1;/p-2. The van der Waals surface area contributed by atoms with Crippen molar-refractivity contribution in [2.24, 2.45) is 0 Å². The molecule has 0 bridgehead atoms. The number of para-hydroxylation sites is 2. The second-order valence-electron chi connectivity index (χ2n) is 3.62. The number of benzene rings is 2. The number of phenolic OH excluding ortho intramolecular Hbond substituents is 2. The number of phenols is 2. The molecule has 0 spiro atoms. The molecule has 0 fully saturated rings. The molecule has 0 radical (unpaired) electrons. The van der Waals surface area contributed by atoms with Crippen molar-refractivity contribution >= 4 is 20.8 Å². The van der Waals surface area contributed by atoms with Gasteiger partial charge in [0, 0.05) is 0 Å². The number of rotatable bonds is 3. The molecule has 0 aliphatic carbocycles. The van der Waals surface area contributed by atoms with Crippen LogP contribution in [-0.4, -0.2) is 36.2 Å². The van der Waals surface area contributed by atoms with Crippen molar-refractivity contribution < 1.29 is 148 Å². The molecule has 0 unspecified atom stereocenters. The second kappa shape index (κ2) is 17.0. The van der Waals surface area contributed by atoms with Crippen LogP contribution in [0, 0.1) is 0 Å². The molecular formula is C12H12K2O10S2. The van der Waals surface area contributed by atoms with Gasteiger partial charge in [0.15, 0.2) is 0 Å². The Labute approximate surface area is 236 Å². The molecular weight excluding hydrogens is 446 g/mol. The Bertz CT molecular complexity index is 714. The third kappa shape index (κ3) is 25.1. The summed E-state index contributed by atoms with van der Waals surface area (Å²) in [5.74, 6) is 0.644. The van der Waals surface area contributed by atoms with Gasteiger partial charge in [0.1, 0.15) is 11.5 Å². The largest absolute Gasteiger partial charge is 1.00 e. The van der Waals surface area contributed by atoms with E-state index in [9.17, 15) is 25.9 Å². The first-order valence-corrected chi connectivity index (χ1v) is 8.44. The van der Waals surface area contributed by atoms with Crippen molar-refractivity contribution in [1.82, 2.24) is 0 Å². The minimum atomic E-state index is -5.31. The average Bonchev–Trinajstić information content (AvgIpc) is 2.47. The van der Waals surface area contributed by atoms with Gasteiger partial charge < -0.3 is 19.3 Å². The van der Waals surface area contributed by atoms with Crippen molar-refractivity contribution in [2.75, 3.05) is 0 Å². The second-order valence-corrected chi connectivity index (χ2v) is 5.53.